The highest BCUT2D eigenvalue weighted by Crippen LogP contribution is 2.34. The summed E-state index contributed by atoms with van der Waals surface area (Å²) in [6.07, 6.45) is 4.63. The highest BCUT2D eigenvalue weighted by atomic mass is 32.2. The van der Waals surface area contributed by atoms with Crippen LogP contribution in [0.2, 0.25) is 0 Å². The van der Waals surface area contributed by atoms with E-state index >= 15 is 0 Å². The fraction of sp³-hybridized carbons (Fsp3) is 0.571. The summed E-state index contributed by atoms with van der Waals surface area (Å²) in [7, 11) is -1.23. The molecule has 1 aromatic rings. The standard InChI is InChI=1S/C14H22N2O2S/c1-16(12-8-5-6-11(12)10-15)13-7-3-4-9-14(13)19(2,17)18/h3-4,7,9,11-12H,5-6,8,10,15H2,1-2H3. The van der Waals surface area contributed by atoms with Gasteiger partial charge in [-0.2, -0.15) is 0 Å². The van der Waals surface area contributed by atoms with Crippen molar-refractivity contribution in [1.29, 1.82) is 0 Å². The molecule has 4 nitrogen and oxygen atoms in total. The molecule has 2 unspecified atom stereocenters. The van der Waals surface area contributed by atoms with Gasteiger partial charge in [0.2, 0.25) is 0 Å². The molecule has 0 amide bonds. The van der Waals surface area contributed by atoms with Crippen LogP contribution < -0.4 is 10.6 Å². The predicted octanol–water partition coefficient (Wildman–Crippen LogP) is 1.65. The fourth-order valence-corrected chi connectivity index (χ4v) is 3.96. The first kappa shape index (κ1) is 14.3. The maximum Gasteiger partial charge on any atom is 0.177 e. The lowest BCUT2D eigenvalue weighted by atomic mass is 10.0. The number of anilines is 1. The number of hydrogen-bond acceptors (Lipinski definition) is 4. The summed E-state index contributed by atoms with van der Waals surface area (Å²) >= 11 is 0. The zero-order valence-corrected chi connectivity index (χ0v) is 12.4. The van der Waals surface area contributed by atoms with Gasteiger partial charge in [0.05, 0.1) is 10.6 Å². The Morgan fingerprint density at radius 3 is 2.63 bits per heavy atom. The van der Waals surface area contributed by atoms with Crippen molar-refractivity contribution >= 4 is 15.5 Å². The Morgan fingerprint density at radius 2 is 2.00 bits per heavy atom. The molecule has 106 valence electrons. The molecular weight excluding hydrogens is 260 g/mol. The molecule has 1 saturated carbocycles. The third-order valence-electron chi connectivity index (χ3n) is 4.06. The van der Waals surface area contributed by atoms with E-state index in [1.807, 2.05) is 19.2 Å². The molecule has 1 fully saturated rings. The zero-order valence-electron chi connectivity index (χ0n) is 11.5. The Hall–Kier alpha value is -1.07. The highest BCUT2D eigenvalue weighted by Gasteiger charge is 2.31. The van der Waals surface area contributed by atoms with E-state index in [0.29, 0.717) is 23.4 Å². The lowest BCUT2D eigenvalue weighted by molar-refractivity contribution is 0.472. The second-order valence-electron chi connectivity index (χ2n) is 5.34. The van der Waals surface area contributed by atoms with Crippen LogP contribution in [-0.2, 0) is 9.84 Å². The molecule has 0 radical (unpaired) electrons. The first-order chi connectivity index (χ1) is 8.95. The van der Waals surface area contributed by atoms with Gasteiger partial charge >= 0.3 is 0 Å². The maximum atomic E-state index is 11.9. The number of nitrogens with two attached hydrogens (primary N) is 1. The monoisotopic (exact) mass is 282 g/mol. The van der Waals surface area contributed by atoms with E-state index in [1.165, 1.54) is 6.26 Å². The van der Waals surface area contributed by atoms with Crippen LogP contribution in [-0.4, -0.2) is 34.3 Å². The normalized spacial score (nSPS) is 23.5. The molecule has 0 heterocycles. The molecule has 2 N–H and O–H groups in total. The van der Waals surface area contributed by atoms with E-state index in [4.69, 9.17) is 5.73 Å². The van der Waals surface area contributed by atoms with Crippen molar-refractivity contribution in [2.24, 2.45) is 11.7 Å². The number of rotatable bonds is 4. The van der Waals surface area contributed by atoms with Gasteiger partial charge in [-0.3, -0.25) is 0 Å². The van der Waals surface area contributed by atoms with Crippen molar-refractivity contribution in [3.05, 3.63) is 24.3 Å². The predicted molar refractivity (Wildman–Crippen MR) is 78.1 cm³/mol. The number of nitrogens with zero attached hydrogens (tertiary/aromatic N) is 1. The zero-order chi connectivity index (χ0) is 14.0. The minimum absolute atomic E-state index is 0.341. The number of sulfone groups is 1. The summed E-state index contributed by atoms with van der Waals surface area (Å²) < 4.78 is 23.7. The van der Waals surface area contributed by atoms with E-state index in [2.05, 4.69) is 4.90 Å². The molecule has 1 aromatic carbocycles. The van der Waals surface area contributed by atoms with Gasteiger partial charge in [0.25, 0.3) is 0 Å². The van der Waals surface area contributed by atoms with E-state index in [9.17, 15) is 8.42 Å². The van der Waals surface area contributed by atoms with Crippen molar-refractivity contribution in [3.63, 3.8) is 0 Å². The van der Waals surface area contributed by atoms with Crippen molar-refractivity contribution in [2.45, 2.75) is 30.2 Å². The van der Waals surface area contributed by atoms with Gasteiger partial charge in [-0.25, -0.2) is 8.42 Å². The Kier molecular flexibility index (Phi) is 4.16. The molecule has 0 spiro atoms. The van der Waals surface area contributed by atoms with Gasteiger partial charge in [0.15, 0.2) is 9.84 Å². The van der Waals surface area contributed by atoms with Gasteiger partial charge in [-0.15, -0.1) is 0 Å². The molecule has 1 aliphatic rings. The molecule has 2 rings (SSSR count). The summed E-state index contributed by atoms with van der Waals surface area (Å²) in [4.78, 5) is 2.50. The third kappa shape index (κ3) is 2.92. The largest absolute Gasteiger partial charge is 0.370 e. The van der Waals surface area contributed by atoms with Crippen LogP contribution in [0.1, 0.15) is 19.3 Å². The van der Waals surface area contributed by atoms with E-state index in [1.54, 1.807) is 12.1 Å². The minimum atomic E-state index is -3.21. The van der Waals surface area contributed by atoms with Crippen LogP contribution >= 0.6 is 0 Å². The summed E-state index contributed by atoms with van der Waals surface area (Å²) in [5.74, 6) is 0.456. The Bertz CT molecular complexity index is 542. The van der Waals surface area contributed by atoms with Crippen LogP contribution in [0.25, 0.3) is 0 Å². The highest BCUT2D eigenvalue weighted by molar-refractivity contribution is 7.90. The van der Waals surface area contributed by atoms with Gasteiger partial charge < -0.3 is 10.6 Å². The molecule has 1 aliphatic carbocycles. The summed E-state index contributed by atoms with van der Waals surface area (Å²) in [5, 5.41) is 0. The van der Waals surface area contributed by atoms with Gasteiger partial charge in [-0.1, -0.05) is 18.6 Å². The minimum Gasteiger partial charge on any atom is -0.370 e. The summed E-state index contributed by atoms with van der Waals surface area (Å²) in [6.45, 7) is 0.663. The number of hydrogen-bond donors (Lipinski definition) is 1. The van der Waals surface area contributed by atoms with E-state index < -0.39 is 9.84 Å². The van der Waals surface area contributed by atoms with Crippen LogP contribution in [0, 0.1) is 5.92 Å². The Balaban J connectivity index is 2.37. The fourth-order valence-electron chi connectivity index (χ4n) is 3.04. The van der Waals surface area contributed by atoms with Crippen molar-refractivity contribution in [1.82, 2.24) is 0 Å². The van der Waals surface area contributed by atoms with Gasteiger partial charge in [0, 0.05) is 19.3 Å². The average Bonchev–Trinajstić information content (AvgIpc) is 2.85. The summed E-state index contributed by atoms with van der Waals surface area (Å²) in [6, 6.07) is 7.54. The van der Waals surface area contributed by atoms with Crippen LogP contribution in [0.4, 0.5) is 5.69 Å². The van der Waals surface area contributed by atoms with Crippen molar-refractivity contribution in [3.8, 4) is 0 Å². The molecule has 5 heteroatoms. The van der Waals surface area contributed by atoms with Gasteiger partial charge in [-0.05, 0) is 37.4 Å². The van der Waals surface area contributed by atoms with E-state index in [-0.39, 0.29) is 0 Å². The van der Waals surface area contributed by atoms with Crippen LogP contribution in [0.5, 0.6) is 0 Å². The Morgan fingerprint density at radius 1 is 1.32 bits per heavy atom. The molecule has 0 aromatic heterocycles. The number of benzene rings is 1. The van der Waals surface area contributed by atoms with Gasteiger partial charge in [0.1, 0.15) is 0 Å². The smallest absolute Gasteiger partial charge is 0.177 e. The molecule has 19 heavy (non-hydrogen) atoms. The lowest BCUT2D eigenvalue weighted by Gasteiger charge is -2.32. The Labute approximate surface area is 115 Å². The third-order valence-corrected chi connectivity index (χ3v) is 5.21. The molecule has 0 aliphatic heterocycles. The molecule has 0 bridgehead atoms. The van der Waals surface area contributed by atoms with E-state index in [0.717, 1.165) is 24.9 Å². The van der Waals surface area contributed by atoms with Crippen molar-refractivity contribution in [2.75, 3.05) is 24.7 Å². The van der Waals surface area contributed by atoms with Crippen LogP contribution in [0.15, 0.2) is 29.2 Å². The molecule has 2 atom stereocenters. The quantitative estimate of drug-likeness (QED) is 0.912. The first-order valence-corrected chi connectivity index (χ1v) is 8.56. The maximum absolute atomic E-state index is 11.9. The van der Waals surface area contributed by atoms with Crippen LogP contribution in [0.3, 0.4) is 0 Å². The topological polar surface area (TPSA) is 63.4 Å². The molecular formula is C14H22N2O2S. The lowest BCUT2D eigenvalue weighted by Crippen LogP contribution is -2.38. The van der Waals surface area contributed by atoms with Crippen molar-refractivity contribution < 1.29 is 8.42 Å². The SMILES string of the molecule is CN(c1ccccc1S(C)(=O)=O)C1CCCC1CN. The summed E-state index contributed by atoms with van der Waals surface area (Å²) in [5.41, 5.74) is 6.61. The molecule has 0 saturated heterocycles. The second-order valence-corrected chi connectivity index (χ2v) is 7.33. The second kappa shape index (κ2) is 5.51. The number of para-hydroxylation sites is 1. The average molecular weight is 282 g/mol. The first-order valence-electron chi connectivity index (χ1n) is 6.67.